The van der Waals surface area contributed by atoms with E-state index in [1.165, 1.54) is 5.56 Å². The Hall–Kier alpha value is -2.44. The van der Waals surface area contributed by atoms with Crippen LogP contribution in [0.2, 0.25) is 0 Å². The number of aryl methyl sites for hydroxylation is 1. The molecule has 0 bridgehead atoms. The zero-order valence-electron chi connectivity index (χ0n) is 18.6. The molecular weight excluding hydrogens is 374 g/mol. The van der Waals surface area contributed by atoms with Gasteiger partial charge in [0.1, 0.15) is 5.82 Å². The van der Waals surface area contributed by atoms with Crippen molar-refractivity contribution >= 4 is 11.5 Å². The van der Waals surface area contributed by atoms with Crippen molar-refractivity contribution < 1.29 is 4.74 Å². The zero-order chi connectivity index (χ0) is 21.1. The molecule has 4 rings (SSSR count). The third-order valence-electron chi connectivity index (χ3n) is 5.66. The number of ether oxygens (including phenoxy) is 1. The summed E-state index contributed by atoms with van der Waals surface area (Å²) >= 11 is 0. The summed E-state index contributed by atoms with van der Waals surface area (Å²) in [6.07, 6.45) is 3.01. The minimum atomic E-state index is -0.0409. The smallest absolute Gasteiger partial charge is 0.165 e. The first-order chi connectivity index (χ1) is 14.4. The molecule has 1 aliphatic heterocycles. The highest BCUT2D eigenvalue weighted by atomic mass is 16.5. The molecule has 1 N–H and O–H groups in total. The molecule has 0 radical (unpaired) electrons. The molecule has 1 saturated heterocycles. The first kappa shape index (κ1) is 20.8. The number of anilines is 1. The van der Waals surface area contributed by atoms with Crippen molar-refractivity contribution in [2.24, 2.45) is 0 Å². The van der Waals surface area contributed by atoms with Crippen molar-refractivity contribution in [3.05, 3.63) is 47.8 Å². The molecule has 0 atom stereocenters. The number of rotatable bonds is 6. The number of hydrogen-bond acceptors (Lipinski definition) is 5. The summed E-state index contributed by atoms with van der Waals surface area (Å²) in [4.78, 5) is 7.48. The number of morpholine rings is 1. The molecule has 1 aliphatic rings. The van der Waals surface area contributed by atoms with Gasteiger partial charge in [-0.15, -0.1) is 0 Å². The molecule has 2 aromatic heterocycles. The van der Waals surface area contributed by atoms with Gasteiger partial charge < -0.3 is 10.1 Å². The Bertz CT molecular complexity index is 981. The van der Waals surface area contributed by atoms with Gasteiger partial charge in [-0.2, -0.15) is 9.61 Å². The second-order valence-corrected chi connectivity index (χ2v) is 9.17. The Kier molecular flexibility index (Phi) is 6.06. The molecule has 0 aliphatic carbocycles. The molecule has 6 nitrogen and oxygen atoms in total. The minimum absolute atomic E-state index is 0.0409. The maximum absolute atomic E-state index is 5.44. The monoisotopic (exact) mass is 407 g/mol. The molecule has 0 unspecified atom stereocenters. The van der Waals surface area contributed by atoms with Gasteiger partial charge in [-0.25, -0.2) is 4.98 Å². The van der Waals surface area contributed by atoms with Gasteiger partial charge in [0.15, 0.2) is 5.65 Å². The van der Waals surface area contributed by atoms with Crippen LogP contribution < -0.4 is 5.32 Å². The summed E-state index contributed by atoms with van der Waals surface area (Å²) in [5.74, 6) is 1.00. The molecule has 0 spiro atoms. The topological polar surface area (TPSA) is 54.7 Å². The first-order valence-electron chi connectivity index (χ1n) is 10.9. The standard InChI is InChI=1S/C24H33N5O/c1-18-6-8-19(9-7-18)20-17-26-29-22(16-21(24(2,3)4)27-23(20)29)25-10-5-11-28-12-14-30-15-13-28/h6-9,16-17,25H,5,10-15H2,1-4H3. The molecule has 0 amide bonds. The predicted molar refractivity (Wildman–Crippen MR) is 122 cm³/mol. The minimum Gasteiger partial charge on any atom is -0.379 e. The highest BCUT2D eigenvalue weighted by Crippen LogP contribution is 2.29. The average molecular weight is 408 g/mol. The normalized spacial score (nSPS) is 15.6. The van der Waals surface area contributed by atoms with Crippen molar-refractivity contribution in [3.63, 3.8) is 0 Å². The van der Waals surface area contributed by atoms with Gasteiger partial charge in [-0.1, -0.05) is 50.6 Å². The fourth-order valence-corrected chi connectivity index (χ4v) is 3.75. The number of aromatic nitrogens is 3. The van der Waals surface area contributed by atoms with Gasteiger partial charge in [-0.05, 0) is 25.5 Å². The quantitative estimate of drug-likeness (QED) is 0.623. The van der Waals surface area contributed by atoms with E-state index in [-0.39, 0.29) is 5.41 Å². The van der Waals surface area contributed by atoms with Crippen molar-refractivity contribution in [2.75, 3.05) is 44.7 Å². The third-order valence-corrected chi connectivity index (χ3v) is 5.66. The van der Waals surface area contributed by atoms with E-state index >= 15 is 0 Å². The van der Waals surface area contributed by atoms with Crippen molar-refractivity contribution in [1.82, 2.24) is 19.5 Å². The average Bonchev–Trinajstić information content (AvgIpc) is 3.16. The lowest BCUT2D eigenvalue weighted by Gasteiger charge is -2.26. The second-order valence-electron chi connectivity index (χ2n) is 9.17. The van der Waals surface area contributed by atoms with Crippen LogP contribution in [0.4, 0.5) is 5.82 Å². The van der Waals surface area contributed by atoms with Gasteiger partial charge in [0.2, 0.25) is 0 Å². The number of nitrogens with one attached hydrogen (secondary N) is 1. The van der Waals surface area contributed by atoms with E-state index in [1.807, 2.05) is 10.7 Å². The maximum Gasteiger partial charge on any atom is 0.165 e. The number of benzene rings is 1. The van der Waals surface area contributed by atoms with Gasteiger partial charge >= 0.3 is 0 Å². The van der Waals surface area contributed by atoms with Gasteiger partial charge in [-0.3, -0.25) is 4.90 Å². The Labute approximate surface area is 179 Å². The highest BCUT2D eigenvalue weighted by Gasteiger charge is 2.20. The van der Waals surface area contributed by atoms with Crippen LogP contribution in [-0.2, 0) is 10.2 Å². The highest BCUT2D eigenvalue weighted by molar-refractivity contribution is 5.78. The maximum atomic E-state index is 5.44. The molecule has 0 saturated carbocycles. The Balaban J connectivity index is 1.59. The molecule has 30 heavy (non-hydrogen) atoms. The summed E-state index contributed by atoms with van der Waals surface area (Å²) in [6, 6.07) is 10.7. The van der Waals surface area contributed by atoms with E-state index < -0.39 is 0 Å². The second kappa shape index (κ2) is 8.74. The molecule has 6 heteroatoms. The molecular formula is C24H33N5O. The lowest BCUT2D eigenvalue weighted by atomic mass is 9.92. The van der Waals surface area contributed by atoms with E-state index in [2.05, 4.69) is 73.3 Å². The van der Waals surface area contributed by atoms with Gasteiger partial charge in [0.05, 0.1) is 25.1 Å². The van der Waals surface area contributed by atoms with E-state index in [0.29, 0.717) is 0 Å². The van der Waals surface area contributed by atoms with Crippen molar-refractivity contribution in [1.29, 1.82) is 0 Å². The Morgan fingerprint density at radius 2 is 1.83 bits per heavy atom. The predicted octanol–water partition coefficient (Wildman–Crippen LogP) is 4.14. The van der Waals surface area contributed by atoms with Crippen LogP contribution >= 0.6 is 0 Å². The summed E-state index contributed by atoms with van der Waals surface area (Å²) in [6.45, 7) is 14.5. The summed E-state index contributed by atoms with van der Waals surface area (Å²) in [5, 5.41) is 8.29. The lowest BCUT2D eigenvalue weighted by molar-refractivity contribution is 0.0378. The van der Waals surface area contributed by atoms with Gasteiger partial charge in [0.25, 0.3) is 0 Å². The zero-order valence-corrected chi connectivity index (χ0v) is 18.6. The fraction of sp³-hybridized carbons (Fsp3) is 0.500. The van der Waals surface area contributed by atoms with Crippen LogP contribution in [0.1, 0.15) is 38.4 Å². The lowest BCUT2D eigenvalue weighted by Crippen LogP contribution is -2.37. The van der Waals surface area contributed by atoms with Crippen LogP contribution in [0.3, 0.4) is 0 Å². The fourth-order valence-electron chi connectivity index (χ4n) is 3.75. The van der Waals surface area contributed by atoms with Crippen molar-refractivity contribution in [3.8, 4) is 11.1 Å². The molecule has 1 aromatic carbocycles. The van der Waals surface area contributed by atoms with Gasteiger partial charge in [0, 0.05) is 36.7 Å². The van der Waals surface area contributed by atoms with Crippen LogP contribution in [0.5, 0.6) is 0 Å². The van der Waals surface area contributed by atoms with Crippen LogP contribution in [0.15, 0.2) is 36.5 Å². The van der Waals surface area contributed by atoms with Crippen LogP contribution in [0, 0.1) is 6.92 Å². The van der Waals surface area contributed by atoms with Crippen molar-refractivity contribution in [2.45, 2.75) is 39.5 Å². The summed E-state index contributed by atoms with van der Waals surface area (Å²) in [5.41, 5.74) is 5.40. The largest absolute Gasteiger partial charge is 0.379 e. The summed E-state index contributed by atoms with van der Waals surface area (Å²) in [7, 11) is 0. The third kappa shape index (κ3) is 4.65. The first-order valence-corrected chi connectivity index (χ1v) is 10.9. The van der Waals surface area contributed by atoms with Crippen LogP contribution in [-0.4, -0.2) is 58.9 Å². The molecule has 3 aromatic rings. The SMILES string of the molecule is Cc1ccc(-c2cnn3c(NCCCN4CCOCC4)cc(C(C)(C)C)nc23)cc1. The number of fused-ring (bicyclic) bond motifs is 1. The van der Waals surface area contributed by atoms with E-state index in [9.17, 15) is 0 Å². The van der Waals surface area contributed by atoms with E-state index in [0.717, 1.165) is 74.1 Å². The Morgan fingerprint density at radius 3 is 2.53 bits per heavy atom. The number of nitrogens with zero attached hydrogens (tertiary/aromatic N) is 4. The van der Waals surface area contributed by atoms with E-state index in [4.69, 9.17) is 9.72 Å². The number of hydrogen-bond donors (Lipinski definition) is 1. The Morgan fingerprint density at radius 1 is 1.10 bits per heavy atom. The van der Waals surface area contributed by atoms with Crippen LogP contribution in [0.25, 0.3) is 16.8 Å². The molecule has 3 heterocycles. The summed E-state index contributed by atoms with van der Waals surface area (Å²) < 4.78 is 7.38. The molecule has 1 fully saturated rings. The molecule has 160 valence electrons. The van der Waals surface area contributed by atoms with E-state index in [1.54, 1.807) is 0 Å².